The number of hydrogen-bond acceptors (Lipinski definition) is 3. The van der Waals surface area contributed by atoms with Crippen molar-refractivity contribution in [2.75, 3.05) is 5.73 Å². The van der Waals surface area contributed by atoms with E-state index in [1.807, 2.05) is 0 Å². The van der Waals surface area contributed by atoms with Crippen LogP contribution in [0.1, 0.15) is 25.5 Å². The molecule has 2 rings (SSSR count). The molecule has 0 aliphatic carbocycles. The number of halogens is 1. The van der Waals surface area contributed by atoms with Crippen molar-refractivity contribution < 1.29 is 8.91 Å². The van der Waals surface area contributed by atoms with E-state index < -0.39 is 0 Å². The van der Waals surface area contributed by atoms with Gasteiger partial charge in [-0.15, -0.1) is 0 Å². The van der Waals surface area contributed by atoms with Crippen LogP contribution in [-0.2, 0) is 6.42 Å². The summed E-state index contributed by atoms with van der Waals surface area (Å²) in [5, 5.41) is 3.78. The van der Waals surface area contributed by atoms with Crippen molar-refractivity contribution >= 4 is 5.82 Å². The zero-order chi connectivity index (χ0) is 12.3. The maximum absolute atomic E-state index is 12.9. The fourth-order valence-electron chi connectivity index (χ4n) is 1.77. The van der Waals surface area contributed by atoms with Crippen molar-refractivity contribution in [3.63, 3.8) is 0 Å². The second kappa shape index (κ2) is 4.99. The van der Waals surface area contributed by atoms with Crippen LogP contribution in [0.2, 0.25) is 0 Å². The number of hydrogen-bond donors (Lipinski definition) is 1. The standard InChI is InChI=1S/C13H15FN2O/c1-2-3-4-11-12(13(15)16-17-11)9-5-7-10(14)8-6-9/h5-8H,2-4H2,1H3,(H2,15,16). The van der Waals surface area contributed by atoms with Gasteiger partial charge in [0.2, 0.25) is 0 Å². The third kappa shape index (κ3) is 2.46. The summed E-state index contributed by atoms with van der Waals surface area (Å²) in [5.74, 6) is 0.873. The van der Waals surface area contributed by atoms with Gasteiger partial charge in [-0.25, -0.2) is 4.39 Å². The highest BCUT2D eigenvalue weighted by Crippen LogP contribution is 2.30. The molecule has 2 aromatic rings. The number of benzene rings is 1. The number of aryl methyl sites for hydroxylation is 1. The Labute approximate surface area is 99.4 Å². The Hall–Kier alpha value is -1.84. The minimum atomic E-state index is -0.265. The first-order chi connectivity index (χ1) is 8.22. The summed E-state index contributed by atoms with van der Waals surface area (Å²) >= 11 is 0. The molecule has 17 heavy (non-hydrogen) atoms. The number of nitrogens with two attached hydrogens (primary N) is 1. The third-order valence-corrected chi connectivity index (χ3v) is 2.68. The molecule has 0 aliphatic heterocycles. The Morgan fingerprint density at radius 3 is 2.65 bits per heavy atom. The first-order valence-electron chi connectivity index (χ1n) is 5.72. The molecule has 0 saturated carbocycles. The van der Waals surface area contributed by atoms with Crippen molar-refractivity contribution in [3.05, 3.63) is 35.8 Å². The summed E-state index contributed by atoms with van der Waals surface area (Å²) < 4.78 is 18.1. The topological polar surface area (TPSA) is 52.0 Å². The second-order valence-corrected chi connectivity index (χ2v) is 3.98. The van der Waals surface area contributed by atoms with Gasteiger partial charge in [0.25, 0.3) is 0 Å². The summed E-state index contributed by atoms with van der Waals surface area (Å²) in [6.45, 7) is 2.11. The van der Waals surface area contributed by atoms with Gasteiger partial charge in [-0.1, -0.05) is 30.6 Å². The van der Waals surface area contributed by atoms with Gasteiger partial charge in [-0.2, -0.15) is 0 Å². The number of aromatic nitrogens is 1. The molecule has 0 fully saturated rings. The minimum Gasteiger partial charge on any atom is -0.380 e. The van der Waals surface area contributed by atoms with Gasteiger partial charge >= 0.3 is 0 Å². The van der Waals surface area contributed by atoms with Crippen molar-refractivity contribution in [1.82, 2.24) is 5.16 Å². The van der Waals surface area contributed by atoms with Crippen molar-refractivity contribution in [1.29, 1.82) is 0 Å². The number of nitrogen functional groups attached to an aromatic ring is 1. The molecule has 3 nitrogen and oxygen atoms in total. The molecular formula is C13H15FN2O. The predicted octanol–water partition coefficient (Wildman–Crippen LogP) is 3.41. The van der Waals surface area contributed by atoms with Gasteiger partial charge in [0.1, 0.15) is 11.6 Å². The number of unbranched alkanes of at least 4 members (excludes halogenated alkanes) is 1. The molecule has 0 saturated heterocycles. The Balaban J connectivity index is 2.36. The maximum Gasteiger partial charge on any atom is 0.175 e. The fourth-order valence-corrected chi connectivity index (χ4v) is 1.77. The normalized spacial score (nSPS) is 10.7. The van der Waals surface area contributed by atoms with Crippen LogP contribution in [0.5, 0.6) is 0 Å². The van der Waals surface area contributed by atoms with E-state index in [0.29, 0.717) is 5.82 Å². The molecule has 0 amide bonds. The molecule has 1 aromatic carbocycles. The van der Waals surface area contributed by atoms with Gasteiger partial charge in [-0.3, -0.25) is 0 Å². The van der Waals surface area contributed by atoms with Crippen LogP contribution in [0, 0.1) is 5.82 Å². The number of anilines is 1. The van der Waals surface area contributed by atoms with Gasteiger partial charge in [0, 0.05) is 6.42 Å². The lowest BCUT2D eigenvalue weighted by atomic mass is 10.0. The highest BCUT2D eigenvalue weighted by molar-refractivity contribution is 5.75. The van der Waals surface area contributed by atoms with E-state index in [4.69, 9.17) is 10.3 Å². The quantitative estimate of drug-likeness (QED) is 0.882. The Kier molecular flexibility index (Phi) is 3.42. The molecule has 0 bridgehead atoms. The highest BCUT2D eigenvalue weighted by Gasteiger charge is 2.15. The van der Waals surface area contributed by atoms with E-state index in [2.05, 4.69) is 12.1 Å². The van der Waals surface area contributed by atoms with E-state index in [1.54, 1.807) is 12.1 Å². The van der Waals surface area contributed by atoms with Gasteiger partial charge in [-0.05, 0) is 24.1 Å². The van der Waals surface area contributed by atoms with Crippen molar-refractivity contribution in [2.45, 2.75) is 26.2 Å². The largest absolute Gasteiger partial charge is 0.380 e. The van der Waals surface area contributed by atoms with Crippen LogP contribution in [0.4, 0.5) is 10.2 Å². The van der Waals surface area contributed by atoms with E-state index in [-0.39, 0.29) is 5.82 Å². The molecule has 0 unspecified atom stereocenters. The summed E-state index contributed by atoms with van der Waals surface area (Å²) in [7, 11) is 0. The van der Waals surface area contributed by atoms with Crippen LogP contribution in [-0.4, -0.2) is 5.16 Å². The van der Waals surface area contributed by atoms with Gasteiger partial charge < -0.3 is 10.3 Å². The Morgan fingerprint density at radius 1 is 1.29 bits per heavy atom. The van der Waals surface area contributed by atoms with Crippen LogP contribution < -0.4 is 5.73 Å². The smallest absolute Gasteiger partial charge is 0.175 e. The predicted molar refractivity (Wildman–Crippen MR) is 64.9 cm³/mol. The summed E-state index contributed by atoms with van der Waals surface area (Å²) in [4.78, 5) is 0. The number of rotatable bonds is 4. The average Bonchev–Trinajstić information content (AvgIpc) is 2.69. The average molecular weight is 234 g/mol. The third-order valence-electron chi connectivity index (χ3n) is 2.68. The van der Waals surface area contributed by atoms with Crippen LogP contribution in [0.15, 0.2) is 28.8 Å². The summed E-state index contributed by atoms with van der Waals surface area (Å²) in [5.41, 5.74) is 7.42. The minimum absolute atomic E-state index is 0.265. The first kappa shape index (κ1) is 11.6. The highest BCUT2D eigenvalue weighted by atomic mass is 19.1. The van der Waals surface area contributed by atoms with Crippen LogP contribution in [0.25, 0.3) is 11.1 Å². The van der Waals surface area contributed by atoms with Crippen molar-refractivity contribution in [2.24, 2.45) is 0 Å². The molecule has 1 aromatic heterocycles. The Morgan fingerprint density at radius 2 is 2.00 bits per heavy atom. The summed E-state index contributed by atoms with van der Waals surface area (Å²) in [6, 6.07) is 6.19. The Bertz CT molecular complexity index is 491. The van der Waals surface area contributed by atoms with Gasteiger partial charge in [0.05, 0.1) is 5.56 Å². The van der Waals surface area contributed by atoms with E-state index in [0.717, 1.165) is 36.1 Å². The van der Waals surface area contributed by atoms with Gasteiger partial charge in [0.15, 0.2) is 5.82 Å². The molecule has 90 valence electrons. The van der Waals surface area contributed by atoms with E-state index in [9.17, 15) is 4.39 Å². The lowest BCUT2D eigenvalue weighted by Gasteiger charge is -2.01. The molecule has 4 heteroatoms. The van der Waals surface area contributed by atoms with E-state index in [1.165, 1.54) is 12.1 Å². The lowest BCUT2D eigenvalue weighted by molar-refractivity contribution is 0.383. The maximum atomic E-state index is 12.9. The molecule has 0 atom stereocenters. The molecule has 0 radical (unpaired) electrons. The number of nitrogens with zero attached hydrogens (tertiary/aromatic N) is 1. The lowest BCUT2D eigenvalue weighted by Crippen LogP contribution is -1.91. The first-order valence-corrected chi connectivity index (χ1v) is 5.72. The molecule has 0 spiro atoms. The summed E-state index contributed by atoms with van der Waals surface area (Å²) in [6.07, 6.45) is 2.89. The SMILES string of the molecule is CCCCc1onc(N)c1-c1ccc(F)cc1. The molecule has 2 N–H and O–H groups in total. The fraction of sp³-hybridized carbons (Fsp3) is 0.308. The zero-order valence-corrected chi connectivity index (χ0v) is 9.74. The van der Waals surface area contributed by atoms with Crippen molar-refractivity contribution in [3.8, 4) is 11.1 Å². The second-order valence-electron chi connectivity index (χ2n) is 3.98. The van der Waals surface area contributed by atoms with Crippen LogP contribution >= 0.6 is 0 Å². The molecular weight excluding hydrogens is 219 g/mol. The molecule has 1 heterocycles. The van der Waals surface area contributed by atoms with E-state index >= 15 is 0 Å². The monoisotopic (exact) mass is 234 g/mol. The van der Waals surface area contributed by atoms with Crippen LogP contribution in [0.3, 0.4) is 0 Å². The molecule has 0 aliphatic rings. The zero-order valence-electron chi connectivity index (χ0n) is 9.74.